The number of anilines is 1. The molecule has 0 spiro atoms. The average molecular weight is 301 g/mol. The molecule has 0 fully saturated rings. The summed E-state index contributed by atoms with van der Waals surface area (Å²) in [4.78, 5) is 19.0. The topological polar surface area (TPSA) is 97.6 Å². The first-order valence-corrected chi connectivity index (χ1v) is 6.45. The maximum absolute atomic E-state index is 13.7. The summed E-state index contributed by atoms with van der Waals surface area (Å²) >= 11 is 0. The van der Waals surface area contributed by atoms with Crippen LogP contribution in [0.5, 0.6) is 0 Å². The van der Waals surface area contributed by atoms with Crippen LogP contribution in [0, 0.1) is 5.82 Å². The van der Waals surface area contributed by atoms with E-state index in [-0.39, 0.29) is 18.3 Å². The SMILES string of the molecule is CC(=O)NNc1ncnc2c1nnn2Cc1ccccc1F. The lowest BCUT2D eigenvalue weighted by Gasteiger charge is -2.06. The lowest BCUT2D eigenvalue weighted by atomic mass is 10.2. The molecule has 0 bridgehead atoms. The largest absolute Gasteiger partial charge is 0.280 e. The number of hydrazine groups is 1. The highest BCUT2D eigenvalue weighted by Gasteiger charge is 2.13. The van der Waals surface area contributed by atoms with Gasteiger partial charge in [-0.15, -0.1) is 5.10 Å². The number of hydrogen-bond acceptors (Lipinski definition) is 6. The summed E-state index contributed by atoms with van der Waals surface area (Å²) in [7, 11) is 0. The van der Waals surface area contributed by atoms with Crippen LogP contribution < -0.4 is 10.9 Å². The third-order valence-corrected chi connectivity index (χ3v) is 2.94. The fourth-order valence-electron chi connectivity index (χ4n) is 1.92. The van der Waals surface area contributed by atoms with Gasteiger partial charge in [-0.1, -0.05) is 23.4 Å². The predicted octanol–water partition coefficient (Wildman–Crippen LogP) is 0.872. The van der Waals surface area contributed by atoms with Crippen molar-refractivity contribution in [3.05, 3.63) is 42.0 Å². The van der Waals surface area contributed by atoms with Gasteiger partial charge in [-0.2, -0.15) is 0 Å². The second kappa shape index (κ2) is 5.72. The van der Waals surface area contributed by atoms with E-state index in [2.05, 4.69) is 31.1 Å². The Morgan fingerprint density at radius 1 is 1.32 bits per heavy atom. The molecule has 0 radical (unpaired) electrons. The first kappa shape index (κ1) is 13.9. The van der Waals surface area contributed by atoms with Gasteiger partial charge in [0, 0.05) is 12.5 Å². The minimum absolute atomic E-state index is 0.194. The first-order valence-electron chi connectivity index (χ1n) is 6.45. The van der Waals surface area contributed by atoms with E-state index in [1.54, 1.807) is 18.2 Å². The van der Waals surface area contributed by atoms with Crippen molar-refractivity contribution in [1.82, 2.24) is 30.4 Å². The Labute approximate surface area is 124 Å². The second-order valence-corrected chi connectivity index (χ2v) is 4.54. The maximum atomic E-state index is 13.7. The van der Waals surface area contributed by atoms with Crippen LogP contribution in [0.1, 0.15) is 12.5 Å². The van der Waals surface area contributed by atoms with Crippen molar-refractivity contribution in [3.63, 3.8) is 0 Å². The molecule has 9 heteroatoms. The van der Waals surface area contributed by atoms with Gasteiger partial charge >= 0.3 is 0 Å². The fourth-order valence-corrected chi connectivity index (χ4v) is 1.92. The third kappa shape index (κ3) is 2.68. The molecule has 0 aliphatic heterocycles. The summed E-state index contributed by atoms with van der Waals surface area (Å²) in [5.41, 5.74) is 6.34. The molecule has 0 saturated heterocycles. The first-order chi connectivity index (χ1) is 10.6. The molecule has 2 heterocycles. The van der Waals surface area contributed by atoms with Gasteiger partial charge in [0.05, 0.1) is 6.54 Å². The highest BCUT2D eigenvalue weighted by Crippen LogP contribution is 2.17. The Morgan fingerprint density at radius 3 is 2.91 bits per heavy atom. The summed E-state index contributed by atoms with van der Waals surface area (Å²) in [5, 5.41) is 7.94. The molecule has 8 nitrogen and oxygen atoms in total. The number of amides is 1. The zero-order chi connectivity index (χ0) is 15.5. The number of rotatable bonds is 4. The number of fused-ring (bicyclic) bond motifs is 1. The van der Waals surface area contributed by atoms with Crippen LogP contribution in [-0.4, -0.2) is 30.9 Å². The number of hydrogen-bond donors (Lipinski definition) is 2. The number of carbonyl (C=O) groups is 1. The van der Waals surface area contributed by atoms with E-state index in [4.69, 9.17) is 0 Å². The van der Waals surface area contributed by atoms with Crippen molar-refractivity contribution in [2.24, 2.45) is 0 Å². The van der Waals surface area contributed by atoms with Crippen LogP contribution in [0.15, 0.2) is 30.6 Å². The van der Waals surface area contributed by atoms with Crippen LogP contribution in [0.4, 0.5) is 10.2 Å². The molecule has 22 heavy (non-hydrogen) atoms. The molecule has 2 N–H and O–H groups in total. The molecule has 2 aromatic heterocycles. The monoisotopic (exact) mass is 301 g/mol. The minimum Gasteiger partial charge on any atom is -0.280 e. The molecule has 0 unspecified atom stereocenters. The van der Waals surface area contributed by atoms with Crippen molar-refractivity contribution < 1.29 is 9.18 Å². The standard InChI is InChI=1S/C13H12FN7O/c1-8(22)17-19-12-11-13(16-7-15-12)21(20-18-11)6-9-4-2-3-5-10(9)14/h2-5,7H,6H2,1H3,(H,17,22)(H,15,16,19). The van der Waals surface area contributed by atoms with Crippen molar-refractivity contribution in [2.75, 3.05) is 5.43 Å². The molecule has 112 valence electrons. The van der Waals surface area contributed by atoms with E-state index in [9.17, 15) is 9.18 Å². The Kier molecular flexibility index (Phi) is 3.60. The van der Waals surface area contributed by atoms with Crippen LogP contribution in [0.2, 0.25) is 0 Å². The lowest BCUT2D eigenvalue weighted by molar-refractivity contribution is -0.118. The van der Waals surface area contributed by atoms with Crippen LogP contribution >= 0.6 is 0 Å². The van der Waals surface area contributed by atoms with Crippen LogP contribution in [-0.2, 0) is 11.3 Å². The minimum atomic E-state index is -0.322. The molecule has 3 rings (SSSR count). The zero-order valence-electron chi connectivity index (χ0n) is 11.6. The van der Waals surface area contributed by atoms with Crippen LogP contribution in [0.3, 0.4) is 0 Å². The highest BCUT2D eigenvalue weighted by atomic mass is 19.1. The lowest BCUT2D eigenvalue weighted by Crippen LogP contribution is -2.27. The summed E-state index contributed by atoms with van der Waals surface area (Å²) in [6, 6.07) is 6.42. The van der Waals surface area contributed by atoms with Crippen molar-refractivity contribution >= 4 is 22.9 Å². The molecular weight excluding hydrogens is 289 g/mol. The quantitative estimate of drug-likeness (QED) is 0.694. The Balaban J connectivity index is 1.94. The average Bonchev–Trinajstić information content (AvgIpc) is 2.91. The third-order valence-electron chi connectivity index (χ3n) is 2.94. The van der Waals surface area contributed by atoms with Gasteiger partial charge < -0.3 is 0 Å². The number of benzene rings is 1. The van der Waals surface area contributed by atoms with Crippen LogP contribution in [0.25, 0.3) is 11.2 Å². The fraction of sp³-hybridized carbons (Fsp3) is 0.154. The highest BCUT2D eigenvalue weighted by molar-refractivity contribution is 5.83. The summed E-state index contributed by atoms with van der Waals surface area (Å²) in [6.45, 7) is 1.56. The van der Waals surface area contributed by atoms with E-state index in [0.29, 0.717) is 22.5 Å². The van der Waals surface area contributed by atoms with E-state index in [1.807, 2.05) is 0 Å². The molecule has 1 aromatic carbocycles. The zero-order valence-corrected chi connectivity index (χ0v) is 11.6. The number of aromatic nitrogens is 5. The van der Waals surface area contributed by atoms with E-state index < -0.39 is 0 Å². The maximum Gasteiger partial charge on any atom is 0.235 e. The number of carbonyl (C=O) groups excluding carboxylic acids is 1. The van der Waals surface area contributed by atoms with Gasteiger partial charge in [-0.05, 0) is 6.07 Å². The molecular formula is C13H12FN7O. The van der Waals surface area contributed by atoms with Crippen molar-refractivity contribution in [3.8, 4) is 0 Å². The van der Waals surface area contributed by atoms with Gasteiger partial charge in [-0.3, -0.25) is 15.6 Å². The molecule has 0 atom stereocenters. The Bertz CT molecular complexity index is 832. The van der Waals surface area contributed by atoms with Gasteiger partial charge in [0.1, 0.15) is 12.1 Å². The number of nitrogens with zero attached hydrogens (tertiary/aromatic N) is 5. The predicted molar refractivity (Wildman–Crippen MR) is 76.1 cm³/mol. The second-order valence-electron chi connectivity index (χ2n) is 4.54. The number of halogens is 1. The van der Waals surface area contributed by atoms with E-state index in [0.717, 1.165) is 0 Å². The van der Waals surface area contributed by atoms with Gasteiger partial charge in [-0.25, -0.2) is 19.0 Å². The normalized spacial score (nSPS) is 10.6. The smallest absolute Gasteiger partial charge is 0.235 e. The summed E-state index contributed by atoms with van der Waals surface area (Å²) in [6.07, 6.45) is 1.31. The van der Waals surface area contributed by atoms with Crippen molar-refractivity contribution in [2.45, 2.75) is 13.5 Å². The molecule has 1 amide bonds. The van der Waals surface area contributed by atoms with Gasteiger partial charge in [0.25, 0.3) is 0 Å². The Morgan fingerprint density at radius 2 is 2.14 bits per heavy atom. The summed E-state index contributed by atoms with van der Waals surface area (Å²) < 4.78 is 15.2. The van der Waals surface area contributed by atoms with Crippen molar-refractivity contribution in [1.29, 1.82) is 0 Å². The Hall–Kier alpha value is -3.10. The molecule has 0 aliphatic carbocycles. The molecule has 0 aliphatic rings. The number of nitrogens with one attached hydrogen (secondary N) is 2. The van der Waals surface area contributed by atoms with Gasteiger partial charge in [0.15, 0.2) is 17.0 Å². The molecule has 3 aromatic rings. The van der Waals surface area contributed by atoms with E-state index in [1.165, 1.54) is 24.0 Å². The van der Waals surface area contributed by atoms with E-state index >= 15 is 0 Å². The molecule has 0 saturated carbocycles. The summed E-state index contributed by atoms with van der Waals surface area (Å²) in [5.74, 6) is -0.276. The van der Waals surface area contributed by atoms with Gasteiger partial charge in [0.2, 0.25) is 5.91 Å².